The van der Waals surface area contributed by atoms with Gasteiger partial charge in [-0.2, -0.15) is 0 Å². The van der Waals surface area contributed by atoms with E-state index in [-0.39, 0.29) is 6.09 Å². The molecule has 2 fully saturated rings. The molecule has 2 unspecified atom stereocenters. The van der Waals surface area contributed by atoms with Crippen molar-refractivity contribution in [3.05, 3.63) is 11.6 Å². The van der Waals surface area contributed by atoms with Crippen LogP contribution in [0.25, 0.3) is 0 Å². The summed E-state index contributed by atoms with van der Waals surface area (Å²) in [5, 5.41) is 3.79. The van der Waals surface area contributed by atoms with Crippen molar-refractivity contribution in [1.29, 1.82) is 0 Å². The van der Waals surface area contributed by atoms with Gasteiger partial charge in [0.15, 0.2) is 0 Å². The predicted molar refractivity (Wildman–Crippen MR) is 96.1 cm³/mol. The van der Waals surface area contributed by atoms with Crippen LogP contribution in [0.4, 0.5) is 4.79 Å². The average molecular weight is 335 g/mol. The van der Waals surface area contributed by atoms with E-state index in [0.29, 0.717) is 12.6 Å². The molecule has 0 aromatic rings. The maximum atomic E-state index is 12.1. The van der Waals surface area contributed by atoms with E-state index in [2.05, 4.69) is 16.3 Å². The number of amides is 1. The van der Waals surface area contributed by atoms with Crippen molar-refractivity contribution in [1.82, 2.24) is 15.1 Å². The summed E-state index contributed by atoms with van der Waals surface area (Å²) in [6, 6.07) is 1.40. The lowest BCUT2D eigenvalue weighted by atomic mass is 9.98. The van der Waals surface area contributed by atoms with Crippen LogP contribution in [0.1, 0.15) is 52.9 Å². The minimum absolute atomic E-state index is 0.195. The van der Waals surface area contributed by atoms with E-state index in [0.717, 1.165) is 25.6 Å². The monoisotopic (exact) mass is 335 g/mol. The van der Waals surface area contributed by atoms with Crippen LogP contribution in [0.15, 0.2) is 11.6 Å². The number of carbonyl (C=O) groups is 1. The molecule has 24 heavy (non-hydrogen) atoms. The first-order valence-corrected chi connectivity index (χ1v) is 9.56. The highest BCUT2D eigenvalue weighted by molar-refractivity contribution is 5.68. The molecule has 5 heteroatoms. The van der Waals surface area contributed by atoms with E-state index in [1.165, 1.54) is 44.3 Å². The zero-order chi connectivity index (χ0) is 17.2. The van der Waals surface area contributed by atoms with Gasteiger partial charge in [0.1, 0.15) is 5.60 Å². The third kappa shape index (κ3) is 4.51. The molecule has 5 nitrogen and oxygen atoms in total. The number of piperidine rings is 1. The largest absolute Gasteiger partial charge is 0.444 e. The molecule has 2 atom stereocenters. The molecule has 0 aliphatic carbocycles. The SMILES string of the molecule is CC(C)(C)OC(=O)N1CC=C(CNC2CCN3CCCCC23)CC1. The number of ether oxygens (including phenoxy) is 1. The van der Waals surface area contributed by atoms with Crippen LogP contribution >= 0.6 is 0 Å². The van der Waals surface area contributed by atoms with Crippen molar-refractivity contribution in [2.24, 2.45) is 0 Å². The minimum Gasteiger partial charge on any atom is -0.444 e. The van der Waals surface area contributed by atoms with Crippen molar-refractivity contribution < 1.29 is 9.53 Å². The zero-order valence-corrected chi connectivity index (χ0v) is 15.5. The molecule has 1 amide bonds. The molecule has 0 radical (unpaired) electrons. The van der Waals surface area contributed by atoms with Gasteiger partial charge in [-0.15, -0.1) is 0 Å². The lowest BCUT2D eigenvalue weighted by Crippen LogP contribution is -2.46. The number of fused-ring (bicyclic) bond motifs is 1. The van der Waals surface area contributed by atoms with E-state index in [1.807, 2.05) is 20.8 Å². The smallest absolute Gasteiger partial charge is 0.410 e. The number of hydrogen-bond acceptors (Lipinski definition) is 4. The summed E-state index contributed by atoms with van der Waals surface area (Å²) in [6.45, 7) is 10.7. The summed E-state index contributed by atoms with van der Waals surface area (Å²) in [4.78, 5) is 16.6. The van der Waals surface area contributed by atoms with Crippen LogP contribution in [0.3, 0.4) is 0 Å². The highest BCUT2D eigenvalue weighted by Gasteiger charge is 2.35. The Morgan fingerprint density at radius 3 is 2.79 bits per heavy atom. The lowest BCUT2D eigenvalue weighted by molar-refractivity contribution is 0.0265. The normalized spacial score (nSPS) is 28.5. The Hall–Kier alpha value is -1.07. The zero-order valence-electron chi connectivity index (χ0n) is 15.5. The van der Waals surface area contributed by atoms with Gasteiger partial charge in [-0.3, -0.25) is 4.90 Å². The van der Waals surface area contributed by atoms with Gasteiger partial charge in [-0.1, -0.05) is 18.1 Å². The Balaban J connectivity index is 1.43. The van der Waals surface area contributed by atoms with Crippen molar-refractivity contribution >= 4 is 6.09 Å². The molecular formula is C19H33N3O2. The molecule has 136 valence electrons. The topological polar surface area (TPSA) is 44.8 Å². The van der Waals surface area contributed by atoms with Crippen LogP contribution in [0.2, 0.25) is 0 Å². The van der Waals surface area contributed by atoms with Crippen LogP contribution in [0, 0.1) is 0 Å². The Labute approximate surface area is 146 Å². The van der Waals surface area contributed by atoms with Gasteiger partial charge >= 0.3 is 6.09 Å². The molecule has 3 aliphatic rings. The van der Waals surface area contributed by atoms with E-state index in [9.17, 15) is 4.79 Å². The molecule has 0 aromatic heterocycles. The van der Waals surface area contributed by atoms with Crippen molar-refractivity contribution in [3.63, 3.8) is 0 Å². The van der Waals surface area contributed by atoms with E-state index in [1.54, 1.807) is 4.90 Å². The van der Waals surface area contributed by atoms with Gasteiger partial charge in [0.25, 0.3) is 0 Å². The minimum atomic E-state index is -0.420. The maximum absolute atomic E-state index is 12.1. The maximum Gasteiger partial charge on any atom is 0.410 e. The van der Waals surface area contributed by atoms with Gasteiger partial charge in [-0.05, 0) is 53.0 Å². The molecule has 3 heterocycles. The molecule has 0 bridgehead atoms. The Morgan fingerprint density at radius 1 is 1.25 bits per heavy atom. The highest BCUT2D eigenvalue weighted by atomic mass is 16.6. The van der Waals surface area contributed by atoms with Gasteiger partial charge < -0.3 is 15.0 Å². The standard InChI is InChI=1S/C19H33N3O2/c1-19(2,3)24-18(23)22-11-7-15(8-12-22)14-20-16-9-13-21-10-5-4-6-17(16)21/h7,16-17,20H,4-6,8-14H2,1-3H3. The van der Waals surface area contributed by atoms with Crippen LogP contribution in [0.5, 0.6) is 0 Å². The molecule has 0 saturated carbocycles. The van der Waals surface area contributed by atoms with Crippen LogP contribution in [-0.4, -0.2) is 66.3 Å². The van der Waals surface area contributed by atoms with Crippen LogP contribution < -0.4 is 5.32 Å². The molecule has 3 rings (SSSR count). The summed E-state index contributed by atoms with van der Waals surface area (Å²) in [6.07, 6.45) is 8.34. The van der Waals surface area contributed by atoms with E-state index in [4.69, 9.17) is 4.74 Å². The number of rotatable bonds is 3. The van der Waals surface area contributed by atoms with Gasteiger partial charge in [-0.25, -0.2) is 4.79 Å². The fourth-order valence-electron chi connectivity index (χ4n) is 4.11. The van der Waals surface area contributed by atoms with Crippen molar-refractivity contribution in [2.75, 3.05) is 32.7 Å². The molecule has 0 aromatic carbocycles. The summed E-state index contributed by atoms with van der Waals surface area (Å²) in [5.41, 5.74) is 1.01. The van der Waals surface area contributed by atoms with Crippen molar-refractivity contribution in [3.8, 4) is 0 Å². The Kier molecular flexibility index (Phi) is 5.50. The predicted octanol–water partition coefficient (Wildman–Crippen LogP) is 2.77. The molecule has 3 aliphatic heterocycles. The number of hydrogen-bond donors (Lipinski definition) is 1. The Morgan fingerprint density at radius 2 is 2.08 bits per heavy atom. The first kappa shape index (κ1) is 17.7. The second kappa shape index (κ2) is 7.44. The van der Waals surface area contributed by atoms with E-state index >= 15 is 0 Å². The van der Waals surface area contributed by atoms with Crippen molar-refractivity contribution in [2.45, 2.75) is 70.6 Å². The summed E-state index contributed by atoms with van der Waals surface area (Å²) in [5.74, 6) is 0. The second-order valence-corrected chi connectivity index (χ2v) is 8.41. The van der Waals surface area contributed by atoms with Gasteiger partial charge in [0.05, 0.1) is 0 Å². The molecule has 1 N–H and O–H groups in total. The van der Waals surface area contributed by atoms with Crippen LogP contribution in [-0.2, 0) is 4.74 Å². The molecular weight excluding hydrogens is 302 g/mol. The number of carbonyl (C=O) groups excluding carboxylic acids is 1. The fourth-order valence-corrected chi connectivity index (χ4v) is 4.11. The number of nitrogens with zero attached hydrogens (tertiary/aromatic N) is 2. The third-order valence-corrected chi connectivity index (χ3v) is 5.40. The fraction of sp³-hybridized carbons (Fsp3) is 0.842. The average Bonchev–Trinajstić information content (AvgIpc) is 2.95. The Bertz CT molecular complexity index is 483. The molecule has 2 saturated heterocycles. The quantitative estimate of drug-likeness (QED) is 0.806. The summed E-state index contributed by atoms with van der Waals surface area (Å²) < 4.78 is 5.45. The number of nitrogens with one attached hydrogen (secondary N) is 1. The molecule has 0 spiro atoms. The second-order valence-electron chi connectivity index (χ2n) is 8.41. The first-order valence-electron chi connectivity index (χ1n) is 9.56. The summed E-state index contributed by atoms with van der Waals surface area (Å²) in [7, 11) is 0. The van der Waals surface area contributed by atoms with Gasteiger partial charge in [0.2, 0.25) is 0 Å². The highest BCUT2D eigenvalue weighted by Crippen LogP contribution is 2.27. The van der Waals surface area contributed by atoms with E-state index < -0.39 is 5.60 Å². The van der Waals surface area contributed by atoms with Gasteiger partial charge in [0, 0.05) is 38.3 Å². The first-order chi connectivity index (χ1) is 11.4. The summed E-state index contributed by atoms with van der Waals surface area (Å²) >= 11 is 0. The third-order valence-electron chi connectivity index (χ3n) is 5.40. The lowest BCUT2D eigenvalue weighted by Gasteiger charge is -2.33.